The Morgan fingerprint density at radius 3 is 2.71 bits per heavy atom. The maximum absolute atomic E-state index is 3.71. The number of allylic oxidation sites excluding steroid dienone is 4. The van der Waals surface area contributed by atoms with Crippen LogP contribution < -0.4 is 0 Å². The molecule has 1 rings (SSSR count). The molecule has 0 amide bonds. The summed E-state index contributed by atoms with van der Waals surface area (Å²) in [6.45, 7) is 11.6. The third-order valence-electron chi connectivity index (χ3n) is 2.71. The molecule has 1 aliphatic heterocycles. The molecule has 0 spiro atoms. The molecule has 0 atom stereocenters. The highest BCUT2D eigenvalue weighted by atomic mass is 15.2. The molecule has 0 saturated heterocycles. The second kappa shape index (κ2) is 5.04. The van der Waals surface area contributed by atoms with Crippen molar-refractivity contribution in [3.63, 3.8) is 0 Å². The summed E-state index contributed by atoms with van der Waals surface area (Å²) in [7, 11) is 0. The van der Waals surface area contributed by atoms with E-state index in [2.05, 4.69) is 38.3 Å². The van der Waals surface area contributed by atoms with Crippen LogP contribution in [-0.4, -0.2) is 17.5 Å². The molecule has 78 valence electrons. The molecule has 0 N–H and O–H groups in total. The van der Waals surface area contributed by atoms with Gasteiger partial charge in [-0.3, -0.25) is 0 Å². The monoisotopic (exact) mass is 191 g/mol. The molecule has 1 aliphatic rings. The minimum atomic E-state index is 0.592. The first-order chi connectivity index (χ1) is 6.66. The van der Waals surface area contributed by atoms with Gasteiger partial charge < -0.3 is 4.90 Å². The van der Waals surface area contributed by atoms with Gasteiger partial charge in [-0.15, -0.1) is 0 Å². The number of hydrogen-bond acceptors (Lipinski definition) is 1. The van der Waals surface area contributed by atoms with Gasteiger partial charge in [0.1, 0.15) is 0 Å². The van der Waals surface area contributed by atoms with Crippen LogP contribution in [0.4, 0.5) is 0 Å². The number of nitrogens with zero attached hydrogens (tertiary/aromatic N) is 1. The topological polar surface area (TPSA) is 3.24 Å². The molecule has 1 nitrogen and oxygen atoms in total. The standard InChI is InChI=1S/C13H21N/c1-5-6-9-13-12(4)8-7-10-14(13)11(2)3/h5-6,9,11H,1,7-8,10H2,2-4H3/b9-6-. The highest BCUT2D eigenvalue weighted by Crippen LogP contribution is 2.24. The van der Waals surface area contributed by atoms with Crippen LogP contribution in [0.15, 0.2) is 36.1 Å². The van der Waals surface area contributed by atoms with Gasteiger partial charge in [-0.05, 0) is 45.3 Å². The Labute approximate surface area is 87.8 Å². The lowest BCUT2D eigenvalue weighted by Gasteiger charge is -2.35. The average Bonchev–Trinajstić information content (AvgIpc) is 2.15. The van der Waals surface area contributed by atoms with E-state index < -0.39 is 0 Å². The number of rotatable bonds is 3. The van der Waals surface area contributed by atoms with E-state index in [9.17, 15) is 0 Å². The zero-order valence-corrected chi connectivity index (χ0v) is 9.59. The Kier molecular flexibility index (Phi) is 3.99. The minimum absolute atomic E-state index is 0.592. The van der Waals surface area contributed by atoms with Crippen LogP contribution in [0.25, 0.3) is 0 Å². The normalized spacial score (nSPS) is 18.4. The van der Waals surface area contributed by atoms with Crippen molar-refractivity contribution in [1.82, 2.24) is 4.90 Å². The molecule has 1 heteroatoms. The van der Waals surface area contributed by atoms with Crippen LogP contribution in [0.1, 0.15) is 33.6 Å². The Morgan fingerprint density at radius 1 is 1.43 bits per heavy atom. The lowest BCUT2D eigenvalue weighted by molar-refractivity contribution is 0.271. The summed E-state index contributed by atoms with van der Waals surface area (Å²) in [5.74, 6) is 0. The van der Waals surface area contributed by atoms with E-state index in [1.165, 1.54) is 30.7 Å². The van der Waals surface area contributed by atoms with Crippen molar-refractivity contribution >= 4 is 0 Å². The van der Waals surface area contributed by atoms with Crippen LogP contribution >= 0.6 is 0 Å². The molecule has 14 heavy (non-hydrogen) atoms. The largest absolute Gasteiger partial charge is 0.369 e. The Balaban J connectivity index is 2.90. The second-order valence-corrected chi connectivity index (χ2v) is 4.15. The predicted octanol–water partition coefficient (Wildman–Crippen LogP) is 3.51. The van der Waals surface area contributed by atoms with E-state index in [0.717, 1.165) is 0 Å². The molecule has 0 aliphatic carbocycles. The minimum Gasteiger partial charge on any atom is -0.369 e. The summed E-state index contributed by atoms with van der Waals surface area (Å²) in [6, 6.07) is 0.592. The van der Waals surface area contributed by atoms with E-state index in [0.29, 0.717) is 6.04 Å². The van der Waals surface area contributed by atoms with E-state index in [1.807, 2.05) is 12.2 Å². The lowest BCUT2D eigenvalue weighted by atomic mass is 10.0. The van der Waals surface area contributed by atoms with E-state index in [4.69, 9.17) is 0 Å². The van der Waals surface area contributed by atoms with Gasteiger partial charge in [0, 0.05) is 18.3 Å². The smallest absolute Gasteiger partial charge is 0.0357 e. The van der Waals surface area contributed by atoms with Crippen molar-refractivity contribution in [3.8, 4) is 0 Å². The molecular formula is C13H21N. The van der Waals surface area contributed by atoms with Crippen molar-refractivity contribution < 1.29 is 0 Å². The van der Waals surface area contributed by atoms with Crippen LogP contribution in [0.5, 0.6) is 0 Å². The first-order valence-electron chi connectivity index (χ1n) is 5.42. The van der Waals surface area contributed by atoms with Crippen LogP contribution in [0.3, 0.4) is 0 Å². The second-order valence-electron chi connectivity index (χ2n) is 4.15. The highest BCUT2D eigenvalue weighted by Gasteiger charge is 2.17. The molecule has 0 bridgehead atoms. The average molecular weight is 191 g/mol. The zero-order valence-electron chi connectivity index (χ0n) is 9.59. The summed E-state index contributed by atoms with van der Waals surface area (Å²) >= 11 is 0. The van der Waals surface area contributed by atoms with Gasteiger partial charge in [0.25, 0.3) is 0 Å². The SMILES string of the molecule is C=C/C=C\C1=C(C)CCCN1C(C)C. The molecule has 1 heterocycles. The van der Waals surface area contributed by atoms with Crippen LogP contribution in [-0.2, 0) is 0 Å². The van der Waals surface area contributed by atoms with Crippen molar-refractivity contribution in [2.45, 2.75) is 39.7 Å². The summed E-state index contributed by atoms with van der Waals surface area (Å²) in [5, 5.41) is 0. The van der Waals surface area contributed by atoms with Gasteiger partial charge in [0.05, 0.1) is 0 Å². The predicted molar refractivity (Wildman–Crippen MR) is 63.1 cm³/mol. The maximum atomic E-state index is 3.71. The molecule has 0 aromatic carbocycles. The summed E-state index contributed by atoms with van der Waals surface area (Å²) in [6.07, 6.45) is 8.57. The van der Waals surface area contributed by atoms with Gasteiger partial charge in [-0.1, -0.05) is 18.7 Å². The molecule has 0 fully saturated rings. The van der Waals surface area contributed by atoms with E-state index >= 15 is 0 Å². The fraction of sp³-hybridized carbons (Fsp3) is 0.538. The summed E-state index contributed by atoms with van der Waals surface area (Å²) in [5.41, 5.74) is 2.90. The van der Waals surface area contributed by atoms with Gasteiger partial charge in [0.2, 0.25) is 0 Å². The molecule has 0 saturated carbocycles. The molecular weight excluding hydrogens is 170 g/mol. The van der Waals surface area contributed by atoms with Crippen molar-refractivity contribution in [1.29, 1.82) is 0 Å². The maximum Gasteiger partial charge on any atom is 0.0357 e. The highest BCUT2D eigenvalue weighted by molar-refractivity contribution is 5.27. The number of hydrogen-bond donors (Lipinski definition) is 0. The summed E-state index contributed by atoms with van der Waals surface area (Å²) < 4.78 is 0. The summed E-state index contributed by atoms with van der Waals surface area (Å²) in [4.78, 5) is 2.47. The zero-order chi connectivity index (χ0) is 10.6. The van der Waals surface area contributed by atoms with Crippen molar-refractivity contribution in [2.24, 2.45) is 0 Å². The lowest BCUT2D eigenvalue weighted by Crippen LogP contribution is -2.33. The molecule has 0 aromatic heterocycles. The van der Waals surface area contributed by atoms with Gasteiger partial charge >= 0.3 is 0 Å². The first kappa shape index (κ1) is 11.1. The van der Waals surface area contributed by atoms with Crippen molar-refractivity contribution in [2.75, 3.05) is 6.54 Å². The van der Waals surface area contributed by atoms with E-state index in [1.54, 1.807) is 0 Å². The molecule has 0 aromatic rings. The Bertz CT molecular complexity index is 258. The van der Waals surface area contributed by atoms with Gasteiger partial charge in [-0.2, -0.15) is 0 Å². The molecule has 0 radical (unpaired) electrons. The Morgan fingerprint density at radius 2 is 2.14 bits per heavy atom. The van der Waals surface area contributed by atoms with Gasteiger partial charge in [0.15, 0.2) is 0 Å². The van der Waals surface area contributed by atoms with Crippen molar-refractivity contribution in [3.05, 3.63) is 36.1 Å². The quantitative estimate of drug-likeness (QED) is 0.617. The molecule has 0 unspecified atom stereocenters. The first-order valence-corrected chi connectivity index (χ1v) is 5.42. The van der Waals surface area contributed by atoms with E-state index in [-0.39, 0.29) is 0 Å². The van der Waals surface area contributed by atoms with Crippen LogP contribution in [0.2, 0.25) is 0 Å². The van der Waals surface area contributed by atoms with Gasteiger partial charge in [-0.25, -0.2) is 0 Å². The third kappa shape index (κ3) is 2.50. The Hall–Kier alpha value is -0.980. The van der Waals surface area contributed by atoms with Crippen LogP contribution in [0, 0.1) is 0 Å². The fourth-order valence-electron chi connectivity index (χ4n) is 1.94. The fourth-order valence-corrected chi connectivity index (χ4v) is 1.94. The third-order valence-corrected chi connectivity index (χ3v) is 2.71.